The van der Waals surface area contributed by atoms with Gasteiger partial charge < -0.3 is 15.4 Å². The fourth-order valence-corrected chi connectivity index (χ4v) is 2.67. The molecule has 2 rings (SSSR count). The van der Waals surface area contributed by atoms with Gasteiger partial charge in [0.25, 0.3) is 5.91 Å². The van der Waals surface area contributed by atoms with Crippen LogP contribution >= 0.6 is 0 Å². The van der Waals surface area contributed by atoms with Crippen molar-refractivity contribution in [3.8, 4) is 0 Å². The average Bonchev–Trinajstić information content (AvgIpc) is 2.67. The molecule has 2 atom stereocenters. The summed E-state index contributed by atoms with van der Waals surface area (Å²) >= 11 is 0. The van der Waals surface area contributed by atoms with Gasteiger partial charge in [-0.2, -0.15) is 0 Å². The maximum atomic E-state index is 12.2. The van der Waals surface area contributed by atoms with Gasteiger partial charge in [0.15, 0.2) is 6.10 Å². The van der Waals surface area contributed by atoms with Crippen molar-refractivity contribution in [1.29, 1.82) is 0 Å². The highest BCUT2D eigenvalue weighted by molar-refractivity contribution is 5.88. The molecule has 148 valence electrons. The van der Waals surface area contributed by atoms with Crippen LogP contribution in [0.4, 0.5) is 5.69 Å². The van der Waals surface area contributed by atoms with E-state index in [2.05, 4.69) is 10.6 Å². The first-order chi connectivity index (χ1) is 13.3. The van der Waals surface area contributed by atoms with Gasteiger partial charge in [0.05, 0.1) is 6.42 Å². The standard InChI is InChI=1S/C22H26N2O4/c1-15(19-7-5-4-6-8-19)14-23-22(27)16(2)28-21(26)13-18-9-11-20(12-10-18)24-17(3)25/h4-12,15-16H,13-14H2,1-3H3,(H,23,27)(H,24,25)/t15-,16-/m1/s1. The van der Waals surface area contributed by atoms with E-state index >= 15 is 0 Å². The largest absolute Gasteiger partial charge is 0.452 e. The molecule has 0 aliphatic rings. The number of benzene rings is 2. The van der Waals surface area contributed by atoms with Crippen molar-refractivity contribution in [2.24, 2.45) is 0 Å². The number of hydrogen-bond donors (Lipinski definition) is 2. The summed E-state index contributed by atoms with van der Waals surface area (Å²) in [6.45, 7) is 5.48. The smallest absolute Gasteiger partial charge is 0.311 e. The number of esters is 1. The molecule has 0 unspecified atom stereocenters. The van der Waals surface area contributed by atoms with Gasteiger partial charge in [0.2, 0.25) is 5.91 Å². The lowest BCUT2D eigenvalue weighted by atomic mass is 10.0. The molecule has 0 aliphatic carbocycles. The Morgan fingerprint density at radius 3 is 2.21 bits per heavy atom. The molecule has 0 saturated heterocycles. The maximum Gasteiger partial charge on any atom is 0.311 e. The molecule has 0 bridgehead atoms. The van der Waals surface area contributed by atoms with E-state index in [0.29, 0.717) is 12.2 Å². The molecule has 0 radical (unpaired) electrons. The van der Waals surface area contributed by atoms with Crippen LogP contribution in [0.1, 0.15) is 37.8 Å². The molecule has 6 heteroatoms. The number of carbonyl (C=O) groups excluding carboxylic acids is 3. The summed E-state index contributed by atoms with van der Waals surface area (Å²) in [7, 11) is 0. The third kappa shape index (κ3) is 6.87. The first kappa shape index (κ1) is 21.2. The van der Waals surface area contributed by atoms with Crippen LogP contribution in [0.2, 0.25) is 0 Å². The van der Waals surface area contributed by atoms with Gasteiger partial charge >= 0.3 is 5.97 Å². The normalized spacial score (nSPS) is 12.5. The first-order valence-electron chi connectivity index (χ1n) is 9.24. The highest BCUT2D eigenvalue weighted by Crippen LogP contribution is 2.13. The minimum Gasteiger partial charge on any atom is -0.452 e. The van der Waals surface area contributed by atoms with E-state index in [0.717, 1.165) is 11.1 Å². The van der Waals surface area contributed by atoms with Crippen molar-refractivity contribution in [3.63, 3.8) is 0 Å². The van der Waals surface area contributed by atoms with Gasteiger partial charge in [-0.25, -0.2) is 0 Å². The second kappa shape index (κ2) is 10.3. The zero-order valence-corrected chi connectivity index (χ0v) is 16.4. The number of nitrogens with one attached hydrogen (secondary N) is 2. The topological polar surface area (TPSA) is 84.5 Å². The number of ether oxygens (including phenoxy) is 1. The Labute approximate surface area is 165 Å². The van der Waals surface area contributed by atoms with E-state index in [-0.39, 0.29) is 24.2 Å². The monoisotopic (exact) mass is 382 g/mol. The molecule has 0 fully saturated rings. The predicted molar refractivity (Wildman–Crippen MR) is 108 cm³/mol. The summed E-state index contributed by atoms with van der Waals surface area (Å²) in [6.07, 6.45) is -0.813. The van der Waals surface area contributed by atoms with Gasteiger partial charge in [-0.05, 0) is 36.1 Å². The molecule has 2 amide bonds. The highest BCUT2D eigenvalue weighted by atomic mass is 16.5. The lowest BCUT2D eigenvalue weighted by molar-refractivity contribution is -0.154. The molecule has 2 aromatic carbocycles. The van der Waals surface area contributed by atoms with E-state index < -0.39 is 12.1 Å². The van der Waals surface area contributed by atoms with Crippen LogP contribution in [0.15, 0.2) is 54.6 Å². The van der Waals surface area contributed by atoms with Gasteiger partial charge in [0, 0.05) is 19.2 Å². The summed E-state index contributed by atoms with van der Waals surface area (Å²) in [5, 5.41) is 5.48. The lowest BCUT2D eigenvalue weighted by Crippen LogP contribution is -2.37. The Balaban J connectivity index is 1.77. The van der Waals surface area contributed by atoms with Crippen LogP contribution in [-0.4, -0.2) is 30.4 Å². The molecule has 6 nitrogen and oxygen atoms in total. The fourth-order valence-electron chi connectivity index (χ4n) is 2.67. The molecule has 2 aromatic rings. The molecular formula is C22H26N2O4. The minimum atomic E-state index is -0.867. The predicted octanol–water partition coefficient (Wildman–Crippen LogP) is 3.04. The highest BCUT2D eigenvalue weighted by Gasteiger charge is 2.18. The van der Waals surface area contributed by atoms with E-state index in [1.54, 1.807) is 31.2 Å². The fraction of sp³-hybridized carbons (Fsp3) is 0.318. The lowest BCUT2D eigenvalue weighted by Gasteiger charge is -2.16. The van der Waals surface area contributed by atoms with Gasteiger partial charge in [-0.3, -0.25) is 14.4 Å². The van der Waals surface area contributed by atoms with Crippen molar-refractivity contribution in [3.05, 3.63) is 65.7 Å². The molecule has 0 aromatic heterocycles. The first-order valence-corrected chi connectivity index (χ1v) is 9.24. The zero-order valence-electron chi connectivity index (χ0n) is 16.4. The summed E-state index contributed by atoms with van der Waals surface area (Å²) < 4.78 is 5.23. The molecule has 0 spiro atoms. The van der Waals surface area contributed by atoms with Crippen LogP contribution in [0.5, 0.6) is 0 Å². The van der Waals surface area contributed by atoms with Crippen LogP contribution in [0.3, 0.4) is 0 Å². The number of amides is 2. The number of hydrogen-bond acceptors (Lipinski definition) is 4. The molecule has 0 aliphatic heterocycles. The van der Waals surface area contributed by atoms with Crippen molar-refractivity contribution >= 4 is 23.5 Å². The average molecular weight is 382 g/mol. The van der Waals surface area contributed by atoms with Gasteiger partial charge in [-0.1, -0.05) is 49.4 Å². The molecule has 28 heavy (non-hydrogen) atoms. The second-order valence-electron chi connectivity index (χ2n) is 6.74. The third-order valence-corrected chi connectivity index (χ3v) is 4.25. The van der Waals surface area contributed by atoms with E-state index in [1.807, 2.05) is 37.3 Å². The van der Waals surface area contributed by atoms with Gasteiger partial charge in [-0.15, -0.1) is 0 Å². The van der Waals surface area contributed by atoms with Crippen LogP contribution in [-0.2, 0) is 25.5 Å². The Kier molecular flexibility index (Phi) is 7.75. The van der Waals surface area contributed by atoms with Crippen LogP contribution in [0, 0.1) is 0 Å². The summed E-state index contributed by atoms with van der Waals surface area (Å²) in [5.41, 5.74) is 2.53. The second-order valence-corrected chi connectivity index (χ2v) is 6.74. The summed E-state index contributed by atoms with van der Waals surface area (Å²) in [5.74, 6) is -0.799. The maximum absolute atomic E-state index is 12.2. The SMILES string of the molecule is CC(=O)Nc1ccc(CC(=O)O[C@H](C)C(=O)NC[C@@H](C)c2ccccc2)cc1. The number of carbonyl (C=O) groups is 3. The molecular weight excluding hydrogens is 356 g/mol. The van der Waals surface area contributed by atoms with Crippen molar-refractivity contribution in [2.45, 2.75) is 39.2 Å². The Bertz CT molecular complexity index is 803. The molecule has 0 heterocycles. The molecule has 0 saturated carbocycles. The van der Waals surface area contributed by atoms with E-state index in [1.165, 1.54) is 6.92 Å². The third-order valence-electron chi connectivity index (χ3n) is 4.25. The van der Waals surface area contributed by atoms with E-state index in [9.17, 15) is 14.4 Å². The Morgan fingerprint density at radius 1 is 0.964 bits per heavy atom. The Hall–Kier alpha value is -3.15. The summed E-state index contributed by atoms with van der Waals surface area (Å²) in [6, 6.07) is 16.8. The van der Waals surface area contributed by atoms with Gasteiger partial charge in [0.1, 0.15) is 0 Å². The van der Waals surface area contributed by atoms with Crippen molar-refractivity contribution < 1.29 is 19.1 Å². The molecule has 2 N–H and O–H groups in total. The summed E-state index contributed by atoms with van der Waals surface area (Å²) in [4.78, 5) is 35.3. The quantitative estimate of drug-likeness (QED) is 0.688. The van der Waals surface area contributed by atoms with Crippen LogP contribution < -0.4 is 10.6 Å². The Morgan fingerprint density at radius 2 is 1.61 bits per heavy atom. The minimum absolute atomic E-state index is 0.0540. The van der Waals surface area contributed by atoms with Crippen molar-refractivity contribution in [1.82, 2.24) is 5.32 Å². The number of anilines is 1. The van der Waals surface area contributed by atoms with Crippen LogP contribution in [0.25, 0.3) is 0 Å². The number of rotatable bonds is 8. The zero-order chi connectivity index (χ0) is 20.5. The van der Waals surface area contributed by atoms with E-state index in [4.69, 9.17) is 4.74 Å². The van der Waals surface area contributed by atoms with Crippen molar-refractivity contribution in [2.75, 3.05) is 11.9 Å².